The van der Waals surface area contributed by atoms with Crippen molar-refractivity contribution in [2.24, 2.45) is 0 Å². The van der Waals surface area contributed by atoms with Crippen molar-refractivity contribution in [2.45, 2.75) is 40.3 Å². The molecule has 2 heteroatoms. The van der Waals surface area contributed by atoms with E-state index < -0.39 is 0 Å². The first kappa shape index (κ1) is 16.7. The maximum atomic E-state index is 2.49. The largest absolute Gasteiger partial charge is 0.316 e. The first-order valence-electron chi connectivity index (χ1n) is 9.23. The summed E-state index contributed by atoms with van der Waals surface area (Å²) < 4.78 is 0. The normalized spacial score (nSPS) is 15.3. The van der Waals surface area contributed by atoms with E-state index in [0.29, 0.717) is 0 Å². The molecule has 4 rings (SSSR count). The van der Waals surface area contributed by atoms with Crippen LogP contribution in [0.3, 0.4) is 0 Å². The lowest BCUT2D eigenvalue weighted by atomic mass is 10.0. The lowest BCUT2D eigenvalue weighted by molar-refractivity contribution is 0.539. The van der Waals surface area contributed by atoms with E-state index in [1.54, 1.807) is 0 Å². The van der Waals surface area contributed by atoms with Gasteiger partial charge in [-0.2, -0.15) is 0 Å². The standard InChI is InChI=1S/C24H26N2/c1-17-15-18(2)19(3)23(16-17)26-22-14-10-9-13-21(22)25(24(26,4)5)20-11-7-6-8-12-20/h6-16H,1-5H3. The maximum absolute atomic E-state index is 2.49. The van der Waals surface area contributed by atoms with Gasteiger partial charge >= 0.3 is 0 Å². The topological polar surface area (TPSA) is 6.48 Å². The molecule has 26 heavy (non-hydrogen) atoms. The minimum Gasteiger partial charge on any atom is -0.316 e. The van der Waals surface area contributed by atoms with E-state index in [-0.39, 0.29) is 5.66 Å². The molecular weight excluding hydrogens is 316 g/mol. The molecule has 1 aliphatic heterocycles. The first-order chi connectivity index (χ1) is 12.4. The highest BCUT2D eigenvalue weighted by Gasteiger charge is 2.44. The van der Waals surface area contributed by atoms with E-state index >= 15 is 0 Å². The predicted octanol–water partition coefficient (Wildman–Crippen LogP) is 6.64. The summed E-state index contributed by atoms with van der Waals surface area (Å²) in [4.78, 5) is 4.93. The molecule has 1 aliphatic rings. The van der Waals surface area contributed by atoms with Gasteiger partial charge in [0.05, 0.1) is 11.4 Å². The van der Waals surface area contributed by atoms with E-state index in [0.717, 1.165) is 0 Å². The quantitative estimate of drug-likeness (QED) is 0.515. The molecule has 0 amide bonds. The number of hydrogen-bond acceptors (Lipinski definition) is 2. The summed E-state index contributed by atoms with van der Waals surface area (Å²) in [6.45, 7) is 11.2. The van der Waals surface area contributed by atoms with Crippen molar-refractivity contribution in [1.82, 2.24) is 0 Å². The van der Waals surface area contributed by atoms with Crippen LogP contribution in [-0.2, 0) is 0 Å². The molecule has 0 saturated heterocycles. The van der Waals surface area contributed by atoms with Gasteiger partial charge in [-0.15, -0.1) is 0 Å². The third kappa shape index (κ3) is 2.40. The van der Waals surface area contributed by atoms with Crippen molar-refractivity contribution in [3.8, 4) is 0 Å². The summed E-state index contributed by atoms with van der Waals surface area (Å²) in [5, 5.41) is 0. The maximum Gasteiger partial charge on any atom is 0.116 e. The zero-order valence-electron chi connectivity index (χ0n) is 16.2. The minimum absolute atomic E-state index is 0.212. The van der Waals surface area contributed by atoms with Gasteiger partial charge in [0.1, 0.15) is 5.66 Å². The Labute approximate surface area is 156 Å². The Bertz CT molecular complexity index is 957. The third-order valence-electron chi connectivity index (χ3n) is 5.50. The van der Waals surface area contributed by atoms with Crippen molar-refractivity contribution in [3.63, 3.8) is 0 Å². The highest BCUT2D eigenvalue weighted by Crippen LogP contribution is 2.53. The average Bonchev–Trinajstić information content (AvgIpc) is 2.85. The Morgan fingerprint density at radius 3 is 1.88 bits per heavy atom. The number of hydrogen-bond donors (Lipinski definition) is 0. The number of aryl methyl sites for hydroxylation is 2. The van der Waals surface area contributed by atoms with Gasteiger partial charge < -0.3 is 9.80 Å². The Morgan fingerprint density at radius 1 is 0.654 bits per heavy atom. The fourth-order valence-corrected chi connectivity index (χ4v) is 4.24. The fraction of sp³-hybridized carbons (Fsp3) is 0.250. The van der Waals surface area contributed by atoms with Gasteiger partial charge in [0, 0.05) is 11.4 Å². The average molecular weight is 342 g/mol. The van der Waals surface area contributed by atoms with Crippen LogP contribution in [0, 0.1) is 20.8 Å². The first-order valence-corrected chi connectivity index (χ1v) is 9.23. The molecule has 0 spiro atoms. The lowest BCUT2D eigenvalue weighted by Crippen LogP contribution is -2.48. The molecule has 0 saturated carbocycles. The number of para-hydroxylation sites is 3. The molecule has 2 nitrogen and oxygen atoms in total. The second-order valence-electron chi connectivity index (χ2n) is 7.72. The lowest BCUT2D eigenvalue weighted by Gasteiger charge is -2.41. The van der Waals surface area contributed by atoms with Crippen LogP contribution in [0.15, 0.2) is 66.7 Å². The van der Waals surface area contributed by atoms with Gasteiger partial charge in [0.25, 0.3) is 0 Å². The van der Waals surface area contributed by atoms with Crippen LogP contribution in [0.2, 0.25) is 0 Å². The number of fused-ring (bicyclic) bond motifs is 1. The van der Waals surface area contributed by atoms with E-state index in [1.165, 1.54) is 39.4 Å². The van der Waals surface area contributed by atoms with Crippen LogP contribution >= 0.6 is 0 Å². The van der Waals surface area contributed by atoms with Crippen LogP contribution in [0.4, 0.5) is 22.7 Å². The monoisotopic (exact) mass is 342 g/mol. The Balaban J connectivity index is 1.98. The molecule has 0 fully saturated rings. The summed E-state index contributed by atoms with van der Waals surface area (Å²) in [7, 11) is 0. The van der Waals surface area contributed by atoms with Crippen LogP contribution < -0.4 is 9.80 Å². The summed E-state index contributed by atoms with van der Waals surface area (Å²) in [5.41, 5.74) is 8.79. The Hall–Kier alpha value is -2.74. The van der Waals surface area contributed by atoms with Crippen molar-refractivity contribution in [2.75, 3.05) is 9.80 Å². The SMILES string of the molecule is Cc1cc(C)c(C)c(N2c3ccccc3N(c3ccccc3)C2(C)C)c1. The van der Waals surface area contributed by atoms with Crippen LogP contribution in [0.5, 0.6) is 0 Å². The van der Waals surface area contributed by atoms with E-state index in [4.69, 9.17) is 0 Å². The van der Waals surface area contributed by atoms with Gasteiger partial charge in [0.15, 0.2) is 0 Å². The molecule has 3 aromatic rings. The summed E-state index contributed by atoms with van der Waals surface area (Å²) >= 11 is 0. The number of benzene rings is 3. The number of anilines is 4. The molecule has 0 aromatic heterocycles. The van der Waals surface area contributed by atoms with Crippen molar-refractivity contribution in [3.05, 3.63) is 83.4 Å². The van der Waals surface area contributed by atoms with Gasteiger partial charge in [-0.1, -0.05) is 36.4 Å². The zero-order valence-corrected chi connectivity index (χ0v) is 16.2. The number of rotatable bonds is 2. The Kier molecular flexibility index (Phi) is 3.80. The molecule has 0 bridgehead atoms. The molecule has 0 aliphatic carbocycles. The van der Waals surface area contributed by atoms with E-state index in [1.807, 2.05) is 0 Å². The molecule has 0 radical (unpaired) electrons. The highest BCUT2D eigenvalue weighted by molar-refractivity contribution is 5.90. The van der Waals surface area contributed by atoms with E-state index in [9.17, 15) is 0 Å². The van der Waals surface area contributed by atoms with Gasteiger partial charge in [-0.05, 0) is 81.6 Å². The van der Waals surface area contributed by atoms with Gasteiger partial charge in [0.2, 0.25) is 0 Å². The van der Waals surface area contributed by atoms with Crippen LogP contribution in [0.25, 0.3) is 0 Å². The zero-order chi connectivity index (χ0) is 18.5. The summed E-state index contributed by atoms with van der Waals surface area (Å²) in [5.74, 6) is 0. The number of nitrogens with zero attached hydrogens (tertiary/aromatic N) is 2. The van der Waals surface area contributed by atoms with Gasteiger partial charge in [-0.25, -0.2) is 0 Å². The van der Waals surface area contributed by atoms with Crippen molar-refractivity contribution < 1.29 is 0 Å². The molecule has 0 unspecified atom stereocenters. The Morgan fingerprint density at radius 2 is 1.23 bits per heavy atom. The second-order valence-corrected chi connectivity index (χ2v) is 7.72. The second kappa shape index (κ2) is 5.91. The molecule has 0 N–H and O–H groups in total. The molecule has 132 valence electrons. The highest BCUT2D eigenvalue weighted by atomic mass is 15.5. The molecule has 1 heterocycles. The molecule has 0 atom stereocenters. The smallest absolute Gasteiger partial charge is 0.116 e. The van der Waals surface area contributed by atoms with E-state index in [2.05, 4.69) is 111 Å². The predicted molar refractivity (Wildman–Crippen MR) is 112 cm³/mol. The third-order valence-corrected chi connectivity index (χ3v) is 5.50. The van der Waals surface area contributed by atoms with Crippen molar-refractivity contribution >= 4 is 22.7 Å². The van der Waals surface area contributed by atoms with Crippen LogP contribution in [-0.4, -0.2) is 5.66 Å². The van der Waals surface area contributed by atoms with Gasteiger partial charge in [-0.3, -0.25) is 0 Å². The molecule has 3 aromatic carbocycles. The molecular formula is C24H26N2. The summed E-state index contributed by atoms with van der Waals surface area (Å²) in [6, 6.07) is 24.0. The summed E-state index contributed by atoms with van der Waals surface area (Å²) in [6.07, 6.45) is 0. The van der Waals surface area contributed by atoms with Crippen LogP contribution in [0.1, 0.15) is 30.5 Å². The minimum atomic E-state index is -0.212. The fourth-order valence-electron chi connectivity index (χ4n) is 4.24. The van der Waals surface area contributed by atoms with Crippen molar-refractivity contribution in [1.29, 1.82) is 0 Å².